The Morgan fingerprint density at radius 1 is 0.767 bits per heavy atom. The number of likely N-dealkylation sites (tertiary alicyclic amines) is 2. The molecule has 0 aromatic carbocycles. The van der Waals surface area contributed by atoms with Crippen LogP contribution in [0.4, 0.5) is 30.7 Å². The molecule has 2 unspecified atom stereocenters. The molecule has 0 N–H and O–H groups in total. The van der Waals surface area contributed by atoms with E-state index in [1.54, 1.807) is 7.05 Å². The molecule has 2 aliphatic heterocycles. The zero-order valence-corrected chi connectivity index (χ0v) is 20.7. The Hall–Kier alpha value is 1.46. The minimum Gasteiger partial charge on any atom is -0.289 e. The van der Waals surface area contributed by atoms with Gasteiger partial charge in [0.25, 0.3) is 4.46 Å². The highest BCUT2D eigenvalue weighted by atomic mass is 35.6. The predicted octanol–water partition coefficient (Wildman–Crippen LogP) is 7.14. The van der Waals surface area contributed by atoms with Crippen molar-refractivity contribution in [1.82, 2.24) is 0 Å². The largest absolute Gasteiger partial charge is 0.455 e. The maximum atomic E-state index is 13.0. The monoisotopic (exact) mass is 592 g/mol. The smallest absolute Gasteiger partial charge is 0.289 e. The van der Waals surface area contributed by atoms with Gasteiger partial charge < -0.3 is 0 Å². The van der Waals surface area contributed by atoms with Gasteiger partial charge in [0, 0.05) is 6.42 Å². The lowest BCUT2D eigenvalue weighted by Gasteiger charge is -2.41. The minimum atomic E-state index is -4.89. The maximum Gasteiger partial charge on any atom is 0.455 e. The number of nitrogens with zero attached hydrogens (tertiary/aromatic N) is 2. The second kappa shape index (κ2) is 8.59. The molecule has 0 aliphatic carbocycles. The molecule has 0 spiro atoms. The fourth-order valence-electron chi connectivity index (χ4n) is 3.29. The van der Waals surface area contributed by atoms with Crippen LogP contribution in [-0.4, -0.2) is 80.0 Å². The van der Waals surface area contributed by atoms with Gasteiger partial charge in [-0.2, -0.15) is 22.0 Å². The lowest BCUT2D eigenvalue weighted by molar-refractivity contribution is -0.993. The molecule has 2 fully saturated rings. The van der Waals surface area contributed by atoms with Crippen LogP contribution in [0, 0.1) is 0 Å². The first-order chi connectivity index (χ1) is 12.8. The summed E-state index contributed by atoms with van der Waals surface area (Å²) in [6, 6.07) is -4.66. The van der Waals surface area contributed by atoms with Gasteiger partial charge in [-0.05, 0) is 23.2 Å². The van der Waals surface area contributed by atoms with Gasteiger partial charge in [0.1, 0.15) is 6.54 Å². The van der Waals surface area contributed by atoms with Crippen LogP contribution in [0.15, 0.2) is 0 Å². The van der Waals surface area contributed by atoms with Gasteiger partial charge in [-0.15, -0.1) is 8.78 Å². The SMILES string of the molecule is C[N+]1(CC(Cl)(Cl)Cl)CCC(Cl)(Cl)C1(Cl)Cl.C[N+]1(CC(F)(F)F)CCC(F)(F)C1(F)F. The fourth-order valence-corrected chi connectivity index (χ4v) is 5.14. The van der Waals surface area contributed by atoms with Crippen LogP contribution in [0.2, 0.25) is 0 Å². The molecule has 30 heavy (non-hydrogen) atoms. The van der Waals surface area contributed by atoms with Crippen LogP contribution in [-0.2, 0) is 0 Å². The molecule has 16 heteroatoms. The molecule has 2 saturated heterocycles. The van der Waals surface area contributed by atoms with Crippen molar-refractivity contribution in [2.24, 2.45) is 0 Å². The third kappa shape index (κ3) is 5.93. The summed E-state index contributed by atoms with van der Waals surface area (Å²) >= 11 is 41.6. The number of quaternary nitrogens is 2. The number of alkyl halides is 14. The van der Waals surface area contributed by atoms with Crippen molar-refractivity contribution in [3.05, 3.63) is 0 Å². The van der Waals surface area contributed by atoms with Gasteiger partial charge in [-0.3, -0.25) is 8.97 Å². The van der Waals surface area contributed by atoms with Crippen LogP contribution >= 0.6 is 81.2 Å². The number of hydrogen-bond donors (Lipinski definition) is 0. The van der Waals surface area contributed by atoms with Crippen molar-refractivity contribution in [1.29, 1.82) is 0 Å². The summed E-state index contributed by atoms with van der Waals surface area (Å²) in [4.78, 5) is 0. The summed E-state index contributed by atoms with van der Waals surface area (Å²) in [6.45, 7) is -2.14. The highest BCUT2D eigenvalue weighted by Crippen LogP contribution is 2.56. The Balaban J connectivity index is 0.000000300. The van der Waals surface area contributed by atoms with E-state index in [2.05, 4.69) is 0 Å². The van der Waals surface area contributed by atoms with Crippen LogP contribution in [0.25, 0.3) is 0 Å². The summed E-state index contributed by atoms with van der Waals surface area (Å²) in [5.41, 5.74) is 0. The van der Waals surface area contributed by atoms with Crippen molar-refractivity contribution in [2.75, 3.05) is 40.3 Å². The molecule has 0 radical (unpaired) electrons. The zero-order chi connectivity index (χ0) is 24.2. The molecule has 0 aromatic rings. The summed E-state index contributed by atoms with van der Waals surface area (Å²) in [6.07, 6.45) is -5.68. The average Bonchev–Trinajstić information content (AvgIpc) is 2.71. The Morgan fingerprint density at radius 2 is 1.20 bits per heavy atom. The lowest BCUT2D eigenvalue weighted by atomic mass is 10.3. The highest BCUT2D eigenvalue weighted by Gasteiger charge is 2.75. The maximum absolute atomic E-state index is 13.0. The highest BCUT2D eigenvalue weighted by molar-refractivity contribution is 6.67. The molecule has 0 bridgehead atoms. The fraction of sp³-hybridized carbons (Fsp3) is 1.00. The second-order valence-electron chi connectivity index (χ2n) is 7.78. The third-order valence-corrected chi connectivity index (χ3v) is 8.26. The molecule has 2 aliphatic rings. The number of halogens is 14. The van der Waals surface area contributed by atoms with E-state index in [-0.39, 0.29) is 11.0 Å². The van der Waals surface area contributed by atoms with E-state index in [1.807, 2.05) is 0 Å². The van der Waals surface area contributed by atoms with Crippen molar-refractivity contribution in [3.8, 4) is 0 Å². The second-order valence-corrected chi connectivity index (χ2v) is 13.1. The first-order valence-electron chi connectivity index (χ1n) is 8.17. The van der Waals surface area contributed by atoms with Crippen molar-refractivity contribution in [3.63, 3.8) is 0 Å². The van der Waals surface area contributed by atoms with Crippen LogP contribution in [0.5, 0.6) is 0 Å². The first-order valence-corrected chi connectivity index (χ1v) is 10.8. The summed E-state index contributed by atoms with van der Waals surface area (Å²) in [7, 11) is 2.25. The van der Waals surface area contributed by atoms with Crippen molar-refractivity contribution in [2.45, 2.75) is 43.6 Å². The van der Waals surface area contributed by atoms with Crippen molar-refractivity contribution >= 4 is 81.2 Å². The molecular formula is C14H18Cl7F7N2+2. The Kier molecular flexibility index (Phi) is 8.45. The van der Waals surface area contributed by atoms with E-state index in [9.17, 15) is 30.7 Å². The Bertz CT molecular complexity index is 585. The number of rotatable bonds is 2. The van der Waals surface area contributed by atoms with E-state index in [0.717, 1.165) is 0 Å². The van der Waals surface area contributed by atoms with E-state index >= 15 is 0 Å². The Morgan fingerprint density at radius 3 is 1.47 bits per heavy atom. The van der Waals surface area contributed by atoms with Gasteiger partial charge in [-0.25, -0.2) is 0 Å². The molecule has 2 heterocycles. The van der Waals surface area contributed by atoms with Gasteiger partial charge in [0.05, 0.1) is 33.6 Å². The normalized spacial score (nSPS) is 34.4. The topological polar surface area (TPSA) is 0 Å². The molecule has 0 amide bonds. The Labute approximate surface area is 204 Å². The average molecular weight is 595 g/mol. The zero-order valence-electron chi connectivity index (χ0n) is 15.4. The lowest BCUT2D eigenvalue weighted by Crippen LogP contribution is -2.61. The first kappa shape index (κ1) is 29.5. The van der Waals surface area contributed by atoms with E-state index in [0.29, 0.717) is 20.0 Å². The van der Waals surface area contributed by atoms with E-state index < -0.39 is 54.7 Å². The van der Waals surface area contributed by atoms with Gasteiger partial charge >= 0.3 is 18.1 Å². The summed E-state index contributed by atoms with van der Waals surface area (Å²) in [5.74, 6) is -4.37. The van der Waals surface area contributed by atoms with Crippen LogP contribution < -0.4 is 0 Å². The summed E-state index contributed by atoms with van der Waals surface area (Å²) in [5, 5.41) is 0. The molecule has 0 aromatic heterocycles. The van der Waals surface area contributed by atoms with E-state index in [1.165, 1.54) is 0 Å². The number of hydrogen-bond acceptors (Lipinski definition) is 0. The molecule has 0 saturated carbocycles. The summed E-state index contributed by atoms with van der Waals surface area (Å²) < 4.78 is 81.3. The molecular weight excluding hydrogens is 577 g/mol. The third-order valence-electron chi connectivity index (χ3n) is 5.13. The molecule has 2 atom stereocenters. The minimum absolute atomic E-state index is 0.0968. The van der Waals surface area contributed by atoms with Crippen LogP contribution in [0.1, 0.15) is 12.8 Å². The van der Waals surface area contributed by atoms with Gasteiger partial charge in [-0.1, -0.05) is 58.0 Å². The van der Waals surface area contributed by atoms with Crippen LogP contribution in [0.3, 0.4) is 0 Å². The molecule has 2 nitrogen and oxygen atoms in total. The molecule has 180 valence electrons. The quantitative estimate of drug-likeness (QED) is 0.138. The van der Waals surface area contributed by atoms with Gasteiger partial charge in [0.15, 0.2) is 6.54 Å². The van der Waals surface area contributed by atoms with E-state index in [4.69, 9.17) is 81.2 Å². The van der Waals surface area contributed by atoms with Crippen molar-refractivity contribution < 1.29 is 39.7 Å². The molecule has 2 rings (SSSR count). The van der Waals surface area contributed by atoms with Gasteiger partial charge in [0.2, 0.25) is 8.13 Å². The standard InChI is InChI=1S/C7H9Cl7N.C7H9F7N/c2*1-15(4-6(10,11)12)3-2-5(8,9)7(15,13)14/h2*2-4H2,1H3/q2*+1. The predicted molar refractivity (Wildman–Crippen MR) is 106 cm³/mol.